The summed E-state index contributed by atoms with van der Waals surface area (Å²) >= 11 is 5.44. The van der Waals surface area contributed by atoms with E-state index in [0.29, 0.717) is 12.0 Å². The van der Waals surface area contributed by atoms with E-state index in [-0.39, 0.29) is 5.54 Å². The highest BCUT2D eigenvalue weighted by atomic mass is 35.5. The Morgan fingerprint density at radius 1 is 1.36 bits per heavy atom. The summed E-state index contributed by atoms with van der Waals surface area (Å²) in [5, 5.41) is -0.438. The van der Waals surface area contributed by atoms with Crippen LogP contribution in [0, 0.1) is 11.6 Å². The van der Waals surface area contributed by atoms with Crippen LogP contribution in [0.25, 0.3) is 0 Å². The van der Waals surface area contributed by atoms with Gasteiger partial charge in [0.1, 0.15) is 16.7 Å². The van der Waals surface area contributed by atoms with E-state index in [0.717, 1.165) is 12.8 Å². The van der Waals surface area contributed by atoms with Gasteiger partial charge < -0.3 is 5.73 Å². The third kappa shape index (κ3) is 1.74. The molecule has 76 valence electrons. The molecule has 0 unspecified atom stereocenters. The van der Waals surface area contributed by atoms with Crippen LogP contribution in [0.1, 0.15) is 18.4 Å². The molecule has 0 heterocycles. The lowest BCUT2D eigenvalue weighted by Crippen LogP contribution is -2.25. The highest BCUT2D eigenvalue weighted by molar-refractivity contribution is 6.30. The van der Waals surface area contributed by atoms with E-state index in [1.54, 1.807) is 0 Å². The molecule has 1 aromatic carbocycles. The molecular formula is C10H10ClF2N. The smallest absolute Gasteiger partial charge is 0.148 e. The summed E-state index contributed by atoms with van der Waals surface area (Å²) in [5.41, 5.74) is 5.94. The molecule has 1 aliphatic rings. The fourth-order valence-corrected chi connectivity index (χ4v) is 1.60. The molecule has 1 aliphatic carbocycles. The van der Waals surface area contributed by atoms with Crippen molar-refractivity contribution in [2.24, 2.45) is 5.73 Å². The zero-order chi connectivity index (χ0) is 10.3. The topological polar surface area (TPSA) is 26.0 Å². The van der Waals surface area contributed by atoms with Gasteiger partial charge in [0.05, 0.1) is 0 Å². The average molecular weight is 218 g/mol. The minimum atomic E-state index is -0.727. The largest absolute Gasteiger partial charge is 0.325 e. The monoisotopic (exact) mass is 217 g/mol. The van der Waals surface area contributed by atoms with E-state index in [4.69, 9.17) is 17.3 Å². The Labute approximate surface area is 85.9 Å². The molecule has 2 N–H and O–H groups in total. The zero-order valence-corrected chi connectivity index (χ0v) is 8.24. The zero-order valence-electron chi connectivity index (χ0n) is 7.49. The maximum atomic E-state index is 13.4. The summed E-state index contributed by atoms with van der Waals surface area (Å²) in [5.74, 6) is -1.40. The van der Waals surface area contributed by atoms with Crippen molar-refractivity contribution >= 4 is 11.6 Å². The summed E-state index contributed by atoms with van der Waals surface area (Å²) in [4.78, 5) is 0. The van der Waals surface area contributed by atoms with Crippen LogP contribution in [0.4, 0.5) is 8.78 Å². The number of hydrogen-bond acceptors (Lipinski definition) is 1. The van der Waals surface area contributed by atoms with Gasteiger partial charge in [0.25, 0.3) is 0 Å². The van der Waals surface area contributed by atoms with Gasteiger partial charge in [0, 0.05) is 5.54 Å². The Morgan fingerprint density at radius 3 is 2.57 bits per heavy atom. The number of halogens is 3. The maximum absolute atomic E-state index is 13.4. The molecule has 4 heteroatoms. The quantitative estimate of drug-likeness (QED) is 0.758. The summed E-state index contributed by atoms with van der Waals surface area (Å²) in [7, 11) is 0. The van der Waals surface area contributed by atoms with E-state index < -0.39 is 16.7 Å². The number of nitrogens with two attached hydrogens (primary N) is 1. The van der Waals surface area contributed by atoms with Gasteiger partial charge in [-0.15, -0.1) is 0 Å². The molecule has 0 amide bonds. The van der Waals surface area contributed by atoms with E-state index >= 15 is 0 Å². The third-order valence-electron chi connectivity index (χ3n) is 2.55. The summed E-state index contributed by atoms with van der Waals surface area (Å²) in [6.45, 7) is 0. The minimum Gasteiger partial charge on any atom is -0.325 e. The van der Waals surface area contributed by atoms with Crippen LogP contribution >= 0.6 is 11.6 Å². The van der Waals surface area contributed by atoms with Crippen molar-refractivity contribution in [2.45, 2.75) is 24.8 Å². The number of benzene rings is 1. The van der Waals surface area contributed by atoms with Crippen molar-refractivity contribution in [1.82, 2.24) is 0 Å². The fourth-order valence-electron chi connectivity index (χ4n) is 1.42. The van der Waals surface area contributed by atoms with E-state index in [2.05, 4.69) is 0 Å². The normalized spacial score (nSPS) is 18.3. The third-order valence-corrected chi connectivity index (χ3v) is 2.90. The van der Waals surface area contributed by atoms with Gasteiger partial charge in [-0.2, -0.15) is 0 Å². The SMILES string of the molecule is NC1(Cc2ccc(F)c(Cl)c2F)CC1. The van der Waals surface area contributed by atoms with Crippen molar-refractivity contribution in [3.05, 3.63) is 34.4 Å². The van der Waals surface area contributed by atoms with Gasteiger partial charge in [-0.1, -0.05) is 17.7 Å². The van der Waals surface area contributed by atoms with Crippen LogP contribution in [0.2, 0.25) is 5.02 Å². The molecule has 0 spiro atoms. The van der Waals surface area contributed by atoms with E-state index in [1.807, 2.05) is 0 Å². The van der Waals surface area contributed by atoms with Crippen molar-refractivity contribution in [3.63, 3.8) is 0 Å². The maximum Gasteiger partial charge on any atom is 0.148 e. The summed E-state index contributed by atoms with van der Waals surface area (Å²) in [6.07, 6.45) is 2.21. The first-order chi connectivity index (χ1) is 6.52. The van der Waals surface area contributed by atoms with Gasteiger partial charge in [-0.3, -0.25) is 0 Å². The molecule has 0 aliphatic heterocycles. The summed E-state index contributed by atoms with van der Waals surface area (Å²) < 4.78 is 26.2. The van der Waals surface area contributed by atoms with Crippen molar-refractivity contribution in [2.75, 3.05) is 0 Å². The minimum absolute atomic E-state index is 0.290. The predicted octanol–water partition coefficient (Wildman–Crippen LogP) is 2.65. The van der Waals surface area contributed by atoms with Gasteiger partial charge in [0.2, 0.25) is 0 Å². The molecule has 2 rings (SSSR count). The molecule has 1 saturated carbocycles. The Kier molecular flexibility index (Phi) is 2.24. The molecule has 14 heavy (non-hydrogen) atoms. The van der Waals surface area contributed by atoms with Gasteiger partial charge in [-0.25, -0.2) is 8.78 Å². The Morgan fingerprint density at radius 2 is 2.00 bits per heavy atom. The Hall–Kier alpha value is -0.670. The standard InChI is InChI=1S/C10H10ClF2N/c11-8-7(12)2-1-6(9(8)13)5-10(14)3-4-10/h1-2H,3-5,14H2. The number of rotatable bonds is 2. The first-order valence-corrected chi connectivity index (χ1v) is 4.81. The first kappa shape index (κ1) is 9.87. The number of hydrogen-bond donors (Lipinski definition) is 1. The second-order valence-corrected chi connectivity index (χ2v) is 4.25. The average Bonchev–Trinajstić information content (AvgIpc) is 2.86. The van der Waals surface area contributed by atoms with Crippen molar-refractivity contribution in [1.29, 1.82) is 0 Å². The van der Waals surface area contributed by atoms with Crippen molar-refractivity contribution in [3.8, 4) is 0 Å². The molecule has 1 aromatic rings. The van der Waals surface area contributed by atoms with Crippen LogP contribution in [0.5, 0.6) is 0 Å². The first-order valence-electron chi connectivity index (χ1n) is 4.43. The van der Waals surface area contributed by atoms with E-state index in [9.17, 15) is 8.78 Å². The fraction of sp³-hybridized carbons (Fsp3) is 0.400. The van der Waals surface area contributed by atoms with Crippen LogP contribution in [0.3, 0.4) is 0 Å². The highest BCUT2D eigenvalue weighted by Gasteiger charge is 2.38. The Bertz CT molecular complexity index is 375. The molecule has 0 atom stereocenters. The van der Waals surface area contributed by atoms with Gasteiger partial charge >= 0.3 is 0 Å². The molecule has 0 radical (unpaired) electrons. The molecular weight excluding hydrogens is 208 g/mol. The molecule has 0 bridgehead atoms. The van der Waals surface area contributed by atoms with Crippen molar-refractivity contribution < 1.29 is 8.78 Å². The highest BCUT2D eigenvalue weighted by Crippen LogP contribution is 2.37. The summed E-state index contributed by atoms with van der Waals surface area (Å²) in [6, 6.07) is 2.58. The predicted molar refractivity (Wildman–Crippen MR) is 51.2 cm³/mol. The lowest BCUT2D eigenvalue weighted by molar-refractivity contribution is 0.557. The lowest BCUT2D eigenvalue weighted by Gasteiger charge is -2.10. The second kappa shape index (κ2) is 3.17. The van der Waals surface area contributed by atoms with Crippen LogP contribution in [0.15, 0.2) is 12.1 Å². The Balaban J connectivity index is 2.30. The lowest BCUT2D eigenvalue weighted by atomic mass is 10.0. The second-order valence-electron chi connectivity index (χ2n) is 3.87. The molecule has 0 aromatic heterocycles. The molecule has 1 nitrogen and oxygen atoms in total. The van der Waals surface area contributed by atoms with Gasteiger partial charge in [0.15, 0.2) is 0 Å². The van der Waals surface area contributed by atoms with Gasteiger partial charge in [-0.05, 0) is 30.9 Å². The van der Waals surface area contributed by atoms with E-state index in [1.165, 1.54) is 12.1 Å². The van der Waals surface area contributed by atoms with Crippen LogP contribution in [-0.4, -0.2) is 5.54 Å². The van der Waals surface area contributed by atoms with Crippen LogP contribution in [-0.2, 0) is 6.42 Å². The van der Waals surface area contributed by atoms with Crippen LogP contribution < -0.4 is 5.73 Å². The molecule has 1 fully saturated rings. The molecule has 0 saturated heterocycles.